The van der Waals surface area contributed by atoms with E-state index < -0.39 is 10.0 Å². The molecule has 3 fully saturated rings. The molecule has 9 heteroatoms. The first-order valence-corrected chi connectivity index (χ1v) is 18.5. The van der Waals surface area contributed by atoms with Gasteiger partial charge in [-0.05, 0) is 101 Å². The molecule has 2 aromatic carbocycles. The van der Waals surface area contributed by atoms with Crippen molar-refractivity contribution in [2.24, 2.45) is 5.92 Å². The standard InChI is InChI=1S/C35H51ClN4O3S/c1-27-26-34(28(2)25-32(27)36)44(42,43)40-18-8-7-11-31(40)13-15-35(41)39-19-16-30(17-20-39)33(38-23-21-37(3)22-24-38)14-12-29-9-5-4-6-10-29/h4-6,9-10,25-26,30-31,33H,7-8,11-24H2,1-3H3. The van der Waals surface area contributed by atoms with Crippen LogP contribution >= 0.6 is 11.6 Å². The summed E-state index contributed by atoms with van der Waals surface area (Å²) in [5, 5.41) is 0.581. The number of rotatable bonds is 10. The molecule has 0 radical (unpaired) electrons. The number of nitrogens with zero attached hydrogens (tertiary/aromatic N) is 4. The highest BCUT2D eigenvalue weighted by Gasteiger charge is 2.36. The summed E-state index contributed by atoms with van der Waals surface area (Å²) >= 11 is 6.27. The van der Waals surface area contributed by atoms with Gasteiger partial charge in [-0.2, -0.15) is 4.31 Å². The topological polar surface area (TPSA) is 64.2 Å². The number of carbonyl (C=O) groups excluding carboxylic acids is 1. The molecule has 0 N–H and O–H groups in total. The Kier molecular flexibility index (Phi) is 11.4. The van der Waals surface area contributed by atoms with E-state index in [-0.39, 0.29) is 11.9 Å². The Bertz CT molecular complexity index is 1360. The van der Waals surface area contributed by atoms with Gasteiger partial charge in [-0.3, -0.25) is 9.69 Å². The molecule has 3 aliphatic rings. The van der Waals surface area contributed by atoms with Crippen molar-refractivity contribution in [3.63, 3.8) is 0 Å². The summed E-state index contributed by atoms with van der Waals surface area (Å²) in [4.78, 5) is 21.0. The fourth-order valence-corrected chi connectivity index (χ4v) is 9.78. The van der Waals surface area contributed by atoms with Gasteiger partial charge in [0, 0.05) is 69.3 Å². The second-order valence-corrected chi connectivity index (χ2v) is 15.6. The largest absolute Gasteiger partial charge is 0.343 e. The maximum Gasteiger partial charge on any atom is 0.243 e. The molecule has 44 heavy (non-hydrogen) atoms. The quantitative estimate of drug-likeness (QED) is 0.329. The van der Waals surface area contributed by atoms with E-state index in [1.54, 1.807) is 23.4 Å². The highest BCUT2D eigenvalue weighted by Crippen LogP contribution is 2.33. The van der Waals surface area contributed by atoms with Gasteiger partial charge in [-0.1, -0.05) is 48.4 Å². The van der Waals surface area contributed by atoms with Crippen molar-refractivity contribution < 1.29 is 13.2 Å². The summed E-state index contributed by atoms with van der Waals surface area (Å²) in [6.45, 7) is 10.2. The van der Waals surface area contributed by atoms with Crippen LogP contribution in [0.2, 0.25) is 5.02 Å². The zero-order valence-electron chi connectivity index (χ0n) is 26.9. The molecule has 0 spiro atoms. The van der Waals surface area contributed by atoms with Crippen LogP contribution in [0.25, 0.3) is 0 Å². The highest BCUT2D eigenvalue weighted by atomic mass is 35.5. The van der Waals surface area contributed by atoms with Crippen LogP contribution in [-0.2, 0) is 21.2 Å². The molecule has 2 aromatic rings. The first-order chi connectivity index (χ1) is 21.1. The van der Waals surface area contributed by atoms with Gasteiger partial charge in [0.2, 0.25) is 15.9 Å². The first kappa shape index (κ1) is 33.4. The predicted octanol–water partition coefficient (Wildman–Crippen LogP) is 5.77. The Balaban J connectivity index is 1.17. The van der Waals surface area contributed by atoms with Crippen molar-refractivity contribution >= 4 is 27.5 Å². The van der Waals surface area contributed by atoms with Crippen LogP contribution in [-0.4, -0.2) is 98.3 Å². The zero-order chi connectivity index (χ0) is 31.3. The normalized spacial score (nSPS) is 22.3. The molecule has 2 unspecified atom stereocenters. The lowest BCUT2D eigenvalue weighted by atomic mass is 9.84. The number of sulfonamides is 1. The molecule has 3 aliphatic heterocycles. The number of benzene rings is 2. The molecule has 0 aromatic heterocycles. The highest BCUT2D eigenvalue weighted by molar-refractivity contribution is 7.89. The van der Waals surface area contributed by atoms with E-state index in [0.29, 0.717) is 46.8 Å². The van der Waals surface area contributed by atoms with E-state index in [2.05, 4.69) is 47.2 Å². The second kappa shape index (κ2) is 15.1. The van der Waals surface area contributed by atoms with Crippen molar-refractivity contribution in [1.29, 1.82) is 0 Å². The molecule has 3 saturated heterocycles. The van der Waals surface area contributed by atoms with Crippen LogP contribution in [0.1, 0.15) is 68.1 Å². The fourth-order valence-electron chi connectivity index (χ4n) is 7.55. The second-order valence-electron chi connectivity index (χ2n) is 13.3. The summed E-state index contributed by atoms with van der Waals surface area (Å²) in [6.07, 6.45) is 7.94. The van der Waals surface area contributed by atoms with Crippen LogP contribution in [0.5, 0.6) is 0 Å². The van der Waals surface area contributed by atoms with Crippen LogP contribution in [0.4, 0.5) is 0 Å². The maximum absolute atomic E-state index is 13.8. The van der Waals surface area contributed by atoms with Gasteiger partial charge in [0.1, 0.15) is 0 Å². The monoisotopic (exact) mass is 642 g/mol. The third-order valence-corrected chi connectivity index (χ3v) is 12.8. The minimum absolute atomic E-state index is 0.148. The van der Waals surface area contributed by atoms with Gasteiger partial charge >= 0.3 is 0 Å². The molecule has 0 aliphatic carbocycles. The molecule has 3 heterocycles. The summed E-state index contributed by atoms with van der Waals surface area (Å²) in [5.74, 6) is 0.765. The van der Waals surface area contributed by atoms with Crippen LogP contribution in [0.15, 0.2) is 47.4 Å². The van der Waals surface area contributed by atoms with Gasteiger partial charge in [0.15, 0.2) is 0 Å². The summed E-state index contributed by atoms with van der Waals surface area (Å²) < 4.78 is 29.3. The zero-order valence-corrected chi connectivity index (χ0v) is 28.5. The number of hydrogen-bond acceptors (Lipinski definition) is 5. The first-order valence-electron chi connectivity index (χ1n) is 16.7. The maximum atomic E-state index is 13.8. The van der Waals surface area contributed by atoms with Crippen molar-refractivity contribution in [2.75, 3.05) is 52.9 Å². The number of likely N-dealkylation sites (tertiary alicyclic amines) is 1. The number of piperidine rings is 2. The average molecular weight is 643 g/mol. The van der Waals surface area contributed by atoms with Crippen molar-refractivity contribution in [2.45, 2.75) is 88.6 Å². The van der Waals surface area contributed by atoms with E-state index in [4.69, 9.17) is 11.6 Å². The number of piperazine rings is 1. The SMILES string of the molecule is Cc1cc(S(=O)(=O)N2CCCCC2CCC(=O)N2CCC(C(CCc3ccccc3)N3CCN(C)CC3)CC2)c(C)cc1Cl. The molecule has 242 valence electrons. The third-order valence-electron chi connectivity index (χ3n) is 10.3. The Morgan fingerprint density at radius 1 is 0.909 bits per heavy atom. The molecule has 7 nitrogen and oxygen atoms in total. The summed E-state index contributed by atoms with van der Waals surface area (Å²) in [5.41, 5.74) is 2.83. The number of carbonyl (C=O) groups is 1. The number of halogens is 1. The van der Waals surface area contributed by atoms with E-state index in [0.717, 1.165) is 89.8 Å². The number of amides is 1. The van der Waals surface area contributed by atoms with Gasteiger partial charge in [-0.15, -0.1) is 0 Å². The molecule has 2 atom stereocenters. The van der Waals surface area contributed by atoms with E-state index in [9.17, 15) is 13.2 Å². The van der Waals surface area contributed by atoms with Gasteiger partial charge in [0.25, 0.3) is 0 Å². The lowest BCUT2D eigenvalue weighted by Gasteiger charge is -2.44. The Morgan fingerprint density at radius 3 is 2.32 bits per heavy atom. The number of hydrogen-bond donors (Lipinski definition) is 0. The molecule has 0 bridgehead atoms. The van der Waals surface area contributed by atoms with Gasteiger partial charge in [0.05, 0.1) is 4.90 Å². The lowest BCUT2D eigenvalue weighted by molar-refractivity contribution is -0.133. The van der Waals surface area contributed by atoms with Crippen molar-refractivity contribution in [1.82, 2.24) is 19.0 Å². The van der Waals surface area contributed by atoms with Gasteiger partial charge < -0.3 is 9.80 Å². The van der Waals surface area contributed by atoms with Crippen LogP contribution in [0, 0.1) is 19.8 Å². The molecule has 0 saturated carbocycles. The fraction of sp³-hybridized carbons (Fsp3) is 0.629. The van der Waals surface area contributed by atoms with Crippen molar-refractivity contribution in [3.8, 4) is 0 Å². The Morgan fingerprint density at radius 2 is 1.61 bits per heavy atom. The predicted molar refractivity (Wildman–Crippen MR) is 179 cm³/mol. The van der Waals surface area contributed by atoms with E-state index >= 15 is 0 Å². The Hall–Kier alpha value is -1.97. The minimum Gasteiger partial charge on any atom is -0.343 e. The van der Waals surface area contributed by atoms with E-state index in [1.165, 1.54) is 5.56 Å². The van der Waals surface area contributed by atoms with Crippen LogP contribution < -0.4 is 0 Å². The van der Waals surface area contributed by atoms with Crippen LogP contribution in [0.3, 0.4) is 0 Å². The molecule has 1 amide bonds. The molecule has 5 rings (SSSR count). The molecular weight excluding hydrogens is 592 g/mol. The lowest BCUT2D eigenvalue weighted by Crippen LogP contribution is -2.53. The van der Waals surface area contributed by atoms with Gasteiger partial charge in [-0.25, -0.2) is 8.42 Å². The number of likely N-dealkylation sites (N-methyl/N-ethyl adjacent to an activating group) is 1. The summed E-state index contributed by atoms with van der Waals surface area (Å²) in [6, 6.07) is 14.7. The van der Waals surface area contributed by atoms with E-state index in [1.807, 2.05) is 11.8 Å². The minimum atomic E-state index is -3.67. The summed E-state index contributed by atoms with van der Waals surface area (Å²) in [7, 11) is -1.46. The van der Waals surface area contributed by atoms with Crippen molar-refractivity contribution in [3.05, 3.63) is 64.2 Å². The molecular formula is C35H51ClN4O3S. The third kappa shape index (κ3) is 8.05. The Labute approximate surface area is 270 Å². The number of aryl methyl sites for hydroxylation is 3. The average Bonchev–Trinajstić information content (AvgIpc) is 3.03. The smallest absolute Gasteiger partial charge is 0.243 e.